The summed E-state index contributed by atoms with van der Waals surface area (Å²) in [5.41, 5.74) is 5.95. The largest absolute Gasteiger partial charge is 0.359 e. The standard InChI is InChI=1S/C25H38N4S/c1-5-10-21-20-15-23-19(18-11-9-12-22(27-21)24(18)20)14-17(16-29(23)13-6-2)26-25(30)28(7-3)8-4/h9,11-12,17,19,23,27H,5-8,10,13-16H2,1-4H3,(H,26,30)/t17-,19?,23+/m0/s1. The van der Waals surface area contributed by atoms with Crippen LogP contribution >= 0.6 is 12.2 Å². The summed E-state index contributed by atoms with van der Waals surface area (Å²) < 4.78 is 0. The second-order valence-electron chi connectivity index (χ2n) is 9.03. The van der Waals surface area contributed by atoms with Crippen molar-refractivity contribution in [3.63, 3.8) is 0 Å². The first kappa shape index (κ1) is 21.6. The summed E-state index contributed by atoms with van der Waals surface area (Å²) in [5.74, 6) is 0.573. The molecule has 1 fully saturated rings. The van der Waals surface area contributed by atoms with Crippen molar-refractivity contribution in [1.29, 1.82) is 0 Å². The van der Waals surface area contributed by atoms with Crippen LogP contribution in [0.1, 0.15) is 69.7 Å². The number of nitrogens with one attached hydrogen (secondary N) is 2. The van der Waals surface area contributed by atoms with Crippen LogP contribution in [0.4, 0.5) is 0 Å². The van der Waals surface area contributed by atoms with Crippen molar-refractivity contribution in [3.05, 3.63) is 35.0 Å². The van der Waals surface area contributed by atoms with Crippen LogP contribution in [0.3, 0.4) is 0 Å². The lowest BCUT2D eigenvalue weighted by molar-refractivity contribution is 0.104. The summed E-state index contributed by atoms with van der Waals surface area (Å²) in [6.07, 6.45) is 5.89. The predicted octanol–water partition coefficient (Wildman–Crippen LogP) is 4.83. The van der Waals surface area contributed by atoms with Gasteiger partial charge in [0, 0.05) is 54.2 Å². The molecule has 2 N–H and O–H groups in total. The lowest BCUT2D eigenvalue weighted by Crippen LogP contribution is -2.57. The zero-order valence-electron chi connectivity index (χ0n) is 19.1. The zero-order valence-corrected chi connectivity index (χ0v) is 19.9. The number of aromatic amines is 1. The molecule has 1 aromatic carbocycles. The molecule has 1 aliphatic heterocycles. The number of piperidine rings is 1. The first-order valence-electron chi connectivity index (χ1n) is 12.0. The van der Waals surface area contributed by atoms with E-state index in [4.69, 9.17) is 12.2 Å². The van der Waals surface area contributed by atoms with Gasteiger partial charge in [-0.05, 0) is 75.5 Å². The summed E-state index contributed by atoms with van der Waals surface area (Å²) in [7, 11) is 0. The molecule has 30 heavy (non-hydrogen) atoms. The van der Waals surface area contributed by atoms with Crippen LogP contribution in [-0.2, 0) is 12.8 Å². The lowest BCUT2D eigenvalue weighted by Gasteiger charge is -2.48. The van der Waals surface area contributed by atoms with Gasteiger partial charge in [-0.1, -0.05) is 32.4 Å². The lowest BCUT2D eigenvalue weighted by atomic mass is 9.73. The topological polar surface area (TPSA) is 34.3 Å². The van der Waals surface area contributed by atoms with Crippen LogP contribution in [0, 0.1) is 0 Å². The Morgan fingerprint density at radius 3 is 2.70 bits per heavy atom. The molecular weight excluding hydrogens is 388 g/mol. The minimum Gasteiger partial charge on any atom is -0.359 e. The second kappa shape index (κ2) is 9.27. The Bertz CT molecular complexity index is 885. The molecule has 164 valence electrons. The van der Waals surface area contributed by atoms with E-state index in [0.29, 0.717) is 18.0 Å². The van der Waals surface area contributed by atoms with Crippen molar-refractivity contribution >= 4 is 28.2 Å². The highest BCUT2D eigenvalue weighted by Gasteiger charge is 2.41. The normalized spacial score (nSPS) is 23.4. The number of hydrogen-bond donors (Lipinski definition) is 2. The van der Waals surface area contributed by atoms with Gasteiger partial charge >= 0.3 is 0 Å². The molecule has 3 atom stereocenters. The van der Waals surface area contributed by atoms with Gasteiger partial charge in [0.1, 0.15) is 0 Å². The zero-order chi connectivity index (χ0) is 21.3. The first-order chi connectivity index (χ1) is 14.6. The molecule has 5 heteroatoms. The monoisotopic (exact) mass is 426 g/mol. The van der Waals surface area contributed by atoms with E-state index >= 15 is 0 Å². The summed E-state index contributed by atoms with van der Waals surface area (Å²) in [6, 6.07) is 7.92. The Labute approximate surface area is 187 Å². The van der Waals surface area contributed by atoms with Crippen molar-refractivity contribution in [3.8, 4) is 0 Å². The molecule has 1 unspecified atom stereocenters. The quantitative estimate of drug-likeness (QED) is 0.622. The van der Waals surface area contributed by atoms with E-state index in [0.717, 1.165) is 37.7 Å². The molecule has 4 nitrogen and oxygen atoms in total. The van der Waals surface area contributed by atoms with Crippen molar-refractivity contribution in [2.75, 3.05) is 26.2 Å². The molecule has 0 amide bonds. The van der Waals surface area contributed by atoms with E-state index < -0.39 is 0 Å². The molecule has 0 radical (unpaired) electrons. The van der Waals surface area contributed by atoms with Crippen LogP contribution in [0.15, 0.2) is 18.2 Å². The Morgan fingerprint density at radius 1 is 1.20 bits per heavy atom. The fourth-order valence-electron chi connectivity index (χ4n) is 5.85. The van der Waals surface area contributed by atoms with Crippen molar-refractivity contribution < 1.29 is 0 Å². The van der Waals surface area contributed by atoms with E-state index in [2.05, 4.69) is 66.0 Å². The number of rotatable bonds is 7. The van der Waals surface area contributed by atoms with E-state index in [1.54, 1.807) is 11.1 Å². The maximum Gasteiger partial charge on any atom is 0.169 e. The predicted molar refractivity (Wildman–Crippen MR) is 131 cm³/mol. The van der Waals surface area contributed by atoms with Gasteiger partial charge in [-0.2, -0.15) is 0 Å². The Balaban J connectivity index is 1.67. The molecule has 1 aromatic heterocycles. The number of thiocarbonyl (C=S) groups is 1. The molecule has 2 aliphatic rings. The van der Waals surface area contributed by atoms with Crippen LogP contribution < -0.4 is 5.32 Å². The minimum absolute atomic E-state index is 0.414. The molecule has 1 saturated heterocycles. The van der Waals surface area contributed by atoms with Crippen LogP contribution in [0.25, 0.3) is 10.9 Å². The van der Waals surface area contributed by atoms with Gasteiger partial charge in [0.2, 0.25) is 0 Å². The van der Waals surface area contributed by atoms with Gasteiger partial charge < -0.3 is 15.2 Å². The number of aromatic nitrogens is 1. The number of hydrogen-bond acceptors (Lipinski definition) is 2. The van der Waals surface area contributed by atoms with Crippen molar-refractivity contribution in [2.24, 2.45) is 0 Å². The third kappa shape index (κ3) is 3.87. The van der Waals surface area contributed by atoms with E-state index in [-0.39, 0.29) is 0 Å². The van der Waals surface area contributed by atoms with Gasteiger partial charge in [-0.25, -0.2) is 0 Å². The maximum atomic E-state index is 5.76. The average Bonchev–Trinajstić information content (AvgIpc) is 3.09. The summed E-state index contributed by atoms with van der Waals surface area (Å²) in [5, 5.41) is 6.17. The summed E-state index contributed by atoms with van der Waals surface area (Å²) >= 11 is 5.76. The first-order valence-corrected chi connectivity index (χ1v) is 12.4. The fourth-order valence-corrected chi connectivity index (χ4v) is 6.27. The summed E-state index contributed by atoms with van der Waals surface area (Å²) in [4.78, 5) is 8.77. The molecule has 2 aromatic rings. The van der Waals surface area contributed by atoms with Crippen LogP contribution in [-0.4, -0.2) is 58.2 Å². The number of benzene rings is 1. The third-order valence-electron chi connectivity index (χ3n) is 7.18. The van der Waals surface area contributed by atoms with Gasteiger partial charge in [0.05, 0.1) is 0 Å². The number of aryl methyl sites for hydroxylation is 1. The van der Waals surface area contributed by atoms with Gasteiger partial charge in [-0.15, -0.1) is 0 Å². The number of nitrogens with zero attached hydrogens (tertiary/aromatic N) is 2. The van der Waals surface area contributed by atoms with E-state index in [9.17, 15) is 0 Å². The highest BCUT2D eigenvalue weighted by Crippen LogP contribution is 2.44. The van der Waals surface area contributed by atoms with Crippen molar-refractivity contribution in [2.45, 2.75) is 77.8 Å². The van der Waals surface area contributed by atoms with Gasteiger partial charge in [0.15, 0.2) is 5.11 Å². The van der Waals surface area contributed by atoms with Crippen LogP contribution in [0.5, 0.6) is 0 Å². The molecule has 1 aliphatic carbocycles. The molecule has 0 bridgehead atoms. The van der Waals surface area contributed by atoms with Crippen molar-refractivity contribution in [1.82, 2.24) is 20.1 Å². The van der Waals surface area contributed by atoms with Gasteiger partial charge in [-0.3, -0.25) is 4.90 Å². The Kier molecular flexibility index (Phi) is 6.69. The van der Waals surface area contributed by atoms with E-state index in [1.165, 1.54) is 42.3 Å². The SMILES string of the molecule is CCCc1[nH]c2cccc3c2c1C[C@@H]1C3C[C@H](NC(=S)N(CC)CC)CN1CCC. The molecule has 0 spiro atoms. The third-order valence-corrected chi connectivity index (χ3v) is 7.55. The average molecular weight is 427 g/mol. The number of likely N-dealkylation sites (tertiary alicyclic amines) is 1. The Morgan fingerprint density at radius 2 is 2.00 bits per heavy atom. The van der Waals surface area contributed by atoms with Crippen LogP contribution in [0.2, 0.25) is 0 Å². The minimum atomic E-state index is 0.414. The summed E-state index contributed by atoms with van der Waals surface area (Å²) in [6.45, 7) is 13.1. The molecule has 0 saturated carbocycles. The molecule has 4 rings (SSSR count). The molecule has 2 heterocycles. The maximum absolute atomic E-state index is 5.76. The Hall–Kier alpha value is -1.59. The highest BCUT2D eigenvalue weighted by molar-refractivity contribution is 7.80. The number of fused-ring (bicyclic) bond motifs is 2. The van der Waals surface area contributed by atoms with E-state index in [1.807, 2.05) is 0 Å². The smallest absolute Gasteiger partial charge is 0.169 e. The second-order valence-corrected chi connectivity index (χ2v) is 9.42. The fraction of sp³-hybridized carbons (Fsp3) is 0.640. The van der Waals surface area contributed by atoms with Gasteiger partial charge in [0.25, 0.3) is 0 Å². The number of H-pyrrole nitrogens is 1. The molecular formula is C25H38N4S. The highest BCUT2D eigenvalue weighted by atomic mass is 32.1.